The number of pyridine rings is 1. The lowest BCUT2D eigenvalue weighted by Gasteiger charge is -2.51. The number of likely N-dealkylation sites (tertiary alicyclic amines) is 2. The first-order chi connectivity index (χ1) is 12.6. The third-order valence-electron chi connectivity index (χ3n) is 5.88. The standard InChI is InChI=1S/C21H25N3O2/c1-2-24-19(25)9-5-12-21(24)13-6-14-23(15-21)20(26)18-11-10-16-7-3-4-8-17(16)22-18/h3-4,7-8,10-11H,2,5-6,9,12-15H2,1H3/t21-/m1/s1. The number of piperidine rings is 2. The quantitative estimate of drug-likeness (QED) is 0.835. The van der Waals surface area contributed by atoms with Crippen LogP contribution in [0.15, 0.2) is 36.4 Å². The molecule has 26 heavy (non-hydrogen) atoms. The van der Waals surface area contributed by atoms with Crippen molar-refractivity contribution in [3.05, 3.63) is 42.1 Å². The van der Waals surface area contributed by atoms with Gasteiger partial charge in [0, 0.05) is 31.4 Å². The molecule has 2 saturated heterocycles. The van der Waals surface area contributed by atoms with E-state index in [2.05, 4.69) is 4.98 Å². The van der Waals surface area contributed by atoms with Gasteiger partial charge < -0.3 is 9.80 Å². The fourth-order valence-electron chi connectivity index (χ4n) is 4.67. The summed E-state index contributed by atoms with van der Waals surface area (Å²) < 4.78 is 0. The van der Waals surface area contributed by atoms with Crippen LogP contribution in [0.25, 0.3) is 10.9 Å². The molecule has 0 N–H and O–H groups in total. The summed E-state index contributed by atoms with van der Waals surface area (Å²) >= 11 is 0. The monoisotopic (exact) mass is 351 g/mol. The molecule has 2 aromatic rings. The summed E-state index contributed by atoms with van der Waals surface area (Å²) in [6, 6.07) is 11.6. The lowest BCUT2D eigenvalue weighted by Crippen LogP contribution is -2.63. The van der Waals surface area contributed by atoms with Crippen LogP contribution in [0.1, 0.15) is 49.5 Å². The summed E-state index contributed by atoms with van der Waals surface area (Å²) in [7, 11) is 0. The Morgan fingerprint density at radius 1 is 1.15 bits per heavy atom. The van der Waals surface area contributed by atoms with Crippen LogP contribution >= 0.6 is 0 Å². The molecule has 4 rings (SSSR count). The lowest BCUT2D eigenvalue weighted by atomic mass is 9.79. The minimum atomic E-state index is -0.186. The van der Waals surface area contributed by atoms with Crippen LogP contribution < -0.4 is 0 Å². The van der Waals surface area contributed by atoms with Gasteiger partial charge in [-0.3, -0.25) is 9.59 Å². The smallest absolute Gasteiger partial charge is 0.272 e. The van der Waals surface area contributed by atoms with E-state index in [4.69, 9.17) is 0 Å². The molecule has 3 heterocycles. The normalized spacial score (nSPS) is 23.7. The van der Waals surface area contributed by atoms with Crippen LogP contribution in [-0.2, 0) is 4.79 Å². The molecule has 0 bridgehead atoms. The van der Waals surface area contributed by atoms with E-state index in [1.165, 1.54) is 0 Å². The van der Waals surface area contributed by atoms with Gasteiger partial charge >= 0.3 is 0 Å². The van der Waals surface area contributed by atoms with E-state index in [1.54, 1.807) is 0 Å². The fraction of sp³-hybridized carbons (Fsp3) is 0.476. The minimum Gasteiger partial charge on any atom is -0.336 e. The van der Waals surface area contributed by atoms with Crippen molar-refractivity contribution in [2.75, 3.05) is 19.6 Å². The third-order valence-corrected chi connectivity index (χ3v) is 5.88. The van der Waals surface area contributed by atoms with Crippen molar-refractivity contribution in [3.8, 4) is 0 Å². The molecular formula is C21H25N3O2. The van der Waals surface area contributed by atoms with Crippen molar-refractivity contribution in [2.45, 2.75) is 44.6 Å². The van der Waals surface area contributed by atoms with Crippen molar-refractivity contribution >= 4 is 22.7 Å². The number of hydrogen-bond donors (Lipinski definition) is 0. The molecule has 2 aliphatic heterocycles. The van der Waals surface area contributed by atoms with Crippen LogP contribution in [0.5, 0.6) is 0 Å². The highest BCUT2D eigenvalue weighted by Gasteiger charge is 2.45. The van der Waals surface area contributed by atoms with Gasteiger partial charge in [-0.15, -0.1) is 0 Å². The van der Waals surface area contributed by atoms with Crippen molar-refractivity contribution in [1.29, 1.82) is 0 Å². The van der Waals surface area contributed by atoms with Gasteiger partial charge in [-0.05, 0) is 44.7 Å². The number of aromatic nitrogens is 1. The van der Waals surface area contributed by atoms with E-state index in [1.807, 2.05) is 53.1 Å². The van der Waals surface area contributed by atoms with Gasteiger partial charge in [0.1, 0.15) is 5.69 Å². The first-order valence-electron chi connectivity index (χ1n) is 9.58. The van der Waals surface area contributed by atoms with Crippen molar-refractivity contribution in [1.82, 2.24) is 14.8 Å². The maximum Gasteiger partial charge on any atom is 0.272 e. The Hall–Kier alpha value is -2.43. The molecule has 136 valence electrons. The average Bonchev–Trinajstić information content (AvgIpc) is 2.67. The molecule has 0 radical (unpaired) electrons. The zero-order chi connectivity index (χ0) is 18.1. The van der Waals surface area contributed by atoms with Gasteiger partial charge in [0.05, 0.1) is 11.1 Å². The second-order valence-corrected chi connectivity index (χ2v) is 7.44. The Kier molecular flexibility index (Phi) is 4.39. The highest BCUT2D eigenvalue weighted by atomic mass is 16.2. The van der Waals surface area contributed by atoms with Gasteiger partial charge in [0.15, 0.2) is 0 Å². The first kappa shape index (κ1) is 17.0. The molecule has 2 fully saturated rings. The van der Waals surface area contributed by atoms with Crippen LogP contribution in [0.3, 0.4) is 0 Å². The number of hydrogen-bond acceptors (Lipinski definition) is 3. The number of benzene rings is 1. The first-order valence-corrected chi connectivity index (χ1v) is 9.58. The van der Waals surface area contributed by atoms with E-state index in [0.29, 0.717) is 18.7 Å². The van der Waals surface area contributed by atoms with Gasteiger partial charge in [-0.25, -0.2) is 4.98 Å². The lowest BCUT2D eigenvalue weighted by molar-refractivity contribution is -0.144. The number of para-hydroxylation sites is 1. The van der Waals surface area contributed by atoms with E-state index in [-0.39, 0.29) is 17.4 Å². The predicted octanol–water partition coefficient (Wildman–Crippen LogP) is 3.24. The van der Waals surface area contributed by atoms with Crippen molar-refractivity contribution in [3.63, 3.8) is 0 Å². The minimum absolute atomic E-state index is 0.0242. The Balaban J connectivity index is 1.60. The molecular weight excluding hydrogens is 326 g/mol. The Labute approximate surface area is 154 Å². The van der Waals surface area contributed by atoms with E-state index in [9.17, 15) is 9.59 Å². The highest BCUT2D eigenvalue weighted by molar-refractivity contribution is 5.95. The Bertz CT molecular complexity index is 846. The van der Waals surface area contributed by atoms with Crippen LogP contribution in [0.4, 0.5) is 0 Å². The van der Waals surface area contributed by atoms with Crippen molar-refractivity contribution in [2.24, 2.45) is 0 Å². The van der Waals surface area contributed by atoms with Crippen LogP contribution in [0, 0.1) is 0 Å². The summed E-state index contributed by atoms with van der Waals surface area (Å²) in [6.07, 6.45) is 4.47. The SMILES string of the molecule is CCN1C(=O)CCC[C@]12CCCN(C(=O)c1ccc3ccccc3n1)C2. The van der Waals surface area contributed by atoms with Gasteiger partial charge in [-0.2, -0.15) is 0 Å². The second-order valence-electron chi connectivity index (χ2n) is 7.44. The summed E-state index contributed by atoms with van der Waals surface area (Å²) in [6.45, 7) is 4.12. The number of amides is 2. The maximum atomic E-state index is 13.1. The van der Waals surface area contributed by atoms with E-state index < -0.39 is 0 Å². The van der Waals surface area contributed by atoms with E-state index >= 15 is 0 Å². The molecule has 0 aliphatic carbocycles. The average molecular weight is 351 g/mol. The molecule has 1 atom stereocenters. The Morgan fingerprint density at radius 2 is 1.96 bits per heavy atom. The topological polar surface area (TPSA) is 53.5 Å². The van der Waals surface area contributed by atoms with Gasteiger partial charge in [0.25, 0.3) is 5.91 Å². The number of likely N-dealkylation sites (N-methyl/N-ethyl adjacent to an activating group) is 1. The maximum absolute atomic E-state index is 13.1. The number of carbonyl (C=O) groups excluding carboxylic acids is 2. The molecule has 1 aromatic heterocycles. The molecule has 1 spiro atoms. The summed E-state index contributed by atoms with van der Waals surface area (Å²) in [4.78, 5) is 34.0. The second kappa shape index (κ2) is 6.71. The fourth-order valence-corrected chi connectivity index (χ4v) is 4.67. The van der Waals surface area contributed by atoms with Crippen LogP contribution in [0.2, 0.25) is 0 Å². The van der Waals surface area contributed by atoms with Crippen molar-refractivity contribution < 1.29 is 9.59 Å². The summed E-state index contributed by atoms with van der Waals surface area (Å²) in [5.74, 6) is 0.209. The molecule has 1 aromatic carbocycles. The molecule has 2 aliphatic rings. The van der Waals surface area contributed by atoms with Crippen LogP contribution in [-0.4, -0.2) is 51.8 Å². The summed E-state index contributed by atoms with van der Waals surface area (Å²) in [5, 5.41) is 1.04. The molecule has 2 amide bonds. The zero-order valence-corrected chi connectivity index (χ0v) is 15.3. The molecule has 0 saturated carbocycles. The zero-order valence-electron chi connectivity index (χ0n) is 15.3. The van der Waals surface area contributed by atoms with E-state index in [0.717, 1.165) is 49.7 Å². The molecule has 5 nitrogen and oxygen atoms in total. The number of nitrogens with zero attached hydrogens (tertiary/aromatic N) is 3. The number of carbonyl (C=O) groups is 2. The summed E-state index contributed by atoms with van der Waals surface area (Å²) in [5.41, 5.74) is 1.15. The predicted molar refractivity (Wildman–Crippen MR) is 101 cm³/mol. The largest absolute Gasteiger partial charge is 0.336 e. The van der Waals surface area contributed by atoms with Gasteiger partial charge in [-0.1, -0.05) is 24.3 Å². The number of fused-ring (bicyclic) bond motifs is 1. The highest BCUT2D eigenvalue weighted by Crippen LogP contribution is 2.36. The molecule has 5 heteroatoms. The molecule has 0 unspecified atom stereocenters. The number of rotatable bonds is 2. The Morgan fingerprint density at radius 3 is 2.81 bits per heavy atom. The van der Waals surface area contributed by atoms with Gasteiger partial charge in [0.2, 0.25) is 5.91 Å². The third kappa shape index (κ3) is 2.85.